The van der Waals surface area contributed by atoms with Crippen molar-refractivity contribution in [3.8, 4) is 0 Å². The summed E-state index contributed by atoms with van der Waals surface area (Å²) >= 11 is 1.49. The first-order chi connectivity index (χ1) is 8.72. The topological polar surface area (TPSA) is 55.6 Å². The fraction of sp³-hybridized carbons (Fsp3) is 0.583. The van der Waals surface area contributed by atoms with Gasteiger partial charge in [0.15, 0.2) is 0 Å². The monoisotopic (exact) mass is 265 g/mol. The Hall–Kier alpha value is -1.27. The highest BCUT2D eigenvalue weighted by Crippen LogP contribution is 2.23. The molecule has 18 heavy (non-hydrogen) atoms. The van der Waals surface area contributed by atoms with Crippen LogP contribution in [0.2, 0.25) is 0 Å². The molecule has 0 radical (unpaired) electrons. The van der Waals surface area contributed by atoms with Gasteiger partial charge in [-0.2, -0.15) is 0 Å². The van der Waals surface area contributed by atoms with Gasteiger partial charge in [0, 0.05) is 31.9 Å². The van der Waals surface area contributed by atoms with Gasteiger partial charge in [-0.05, 0) is 31.4 Å². The maximum atomic E-state index is 4.36. The van der Waals surface area contributed by atoms with Crippen LogP contribution in [0.3, 0.4) is 0 Å². The van der Waals surface area contributed by atoms with E-state index in [1.165, 1.54) is 16.4 Å². The fourth-order valence-corrected chi connectivity index (χ4v) is 2.79. The molecular weight excluding hydrogens is 246 g/mol. The van der Waals surface area contributed by atoms with Crippen molar-refractivity contribution < 1.29 is 0 Å². The normalized spacial score (nSPS) is 12.8. The van der Waals surface area contributed by atoms with Crippen LogP contribution in [0.25, 0.3) is 0 Å². The smallest absolute Gasteiger partial charge is 0.108 e. The minimum atomic E-state index is 0.326. The summed E-state index contributed by atoms with van der Waals surface area (Å²) in [5.74, 6) is 1.12. The van der Waals surface area contributed by atoms with Crippen molar-refractivity contribution in [3.63, 3.8) is 0 Å². The maximum absolute atomic E-state index is 4.36. The quantitative estimate of drug-likeness (QED) is 0.866. The third-order valence-electron chi connectivity index (χ3n) is 3.03. The Bertz CT molecular complexity index is 490. The molecule has 1 unspecified atom stereocenters. The predicted molar refractivity (Wildman–Crippen MR) is 72.6 cm³/mol. The zero-order valence-corrected chi connectivity index (χ0v) is 11.9. The summed E-state index contributed by atoms with van der Waals surface area (Å²) < 4.78 is 6.09. The van der Waals surface area contributed by atoms with E-state index >= 15 is 0 Å². The van der Waals surface area contributed by atoms with E-state index in [-0.39, 0.29) is 0 Å². The minimum Gasteiger partial charge on any atom is -0.338 e. The number of hydrogen-bond acceptors (Lipinski definition) is 5. The first kappa shape index (κ1) is 13.2. The Morgan fingerprint density at radius 3 is 2.89 bits per heavy atom. The van der Waals surface area contributed by atoms with Gasteiger partial charge in [-0.1, -0.05) is 11.4 Å². The van der Waals surface area contributed by atoms with Crippen molar-refractivity contribution in [2.24, 2.45) is 7.05 Å². The van der Waals surface area contributed by atoms with Gasteiger partial charge < -0.3 is 9.88 Å². The van der Waals surface area contributed by atoms with Crippen LogP contribution in [0.1, 0.15) is 35.8 Å². The van der Waals surface area contributed by atoms with Crippen LogP contribution >= 0.6 is 11.5 Å². The van der Waals surface area contributed by atoms with E-state index in [0.29, 0.717) is 6.04 Å². The molecule has 6 heteroatoms. The van der Waals surface area contributed by atoms with E-state index in [2.05, 4.69) is 31.4 Å². The molecule has 0 bridgehead atoms. The number of hydrogen-bond donors (Lipinski definition) is 1. The van der Waals surface area contributed by atoms with Gasteiger partial charge in [-0.15, -0.1) is 5.10 Å². The third-order valence-corrected chi connectivity index (χ3v) is 3.97. The van der Waals surface area contributed by atoms with E-state index in [9.17, 15) is 0 Å². The zero-order chi connectivity index (χ0) is 13.0. The molecule has 2 rings (SSSR count). The van der Waals surface area contributed by atoms with Gasteiger partial charge in [0.05, 0.1) is 10.6 Å². The predicted octanol–water partition coefficient (Wildman–Crippen LogP) is 1.86. The van der Waals surface area contributed by atoms with Crippen LogP contribution in [-0.2, 0) is 13.5 Å². The van der Waals surface area contributed by atoms with E-state index in [1.807, 2.05) is 26.4 Å². The van der Waals surface area contributed by atoms with E-state index in [0.717, 1.165) is 30.9 Å². The lowest BCUT2D eigenvalue weighted by atomic mass is 10.1. The van der Waals surface area contributed by atoms with E-state index in [1.54, 1.807) is 0 Å². The second-order valence-corrected chi connectivity index (χ2v) is 5.11. The van der Waals surface area contributed by atoms with Crippen LogP contribution in [-0.4, -0.2) is 25.7 Å². The summed E-state index contributed by atoms with van der Waals surface area (Å²) in [6.07, 6.45) is 5.80. The second-order valence-electron chi connectivity index (χ2n) is 4.33. The van der Waals surface area contributed by atoms with E-state index in [4.69, 9.17) is 0 Å². The van der Waals surface area contributed by atoms with Gasteiger partial charge in [-0.3, -0.25) is 0 Å². The lowest BCUT2D eigenvalue weighted by molar-refractivity contribution is 0.510. The van der Waals surface area contributed by atoms with Gasteiger partial charge in [0.1, 0.15) is 5.82 Å². The lowest BCUT2D eigenvalue weighted by Crippen LogP contribution is -2.21. The van der Waals surface area contributed by atoms with Gasteiger partial charge in [0.2, 0.25) is 0 Å². The number of imidazole rings is 1. The molecule has 0 aliphatic carbocycles. The maximum Gasteiger partial charge on any atom is 0.108 e. The van der Waals surface area contributed by atoms with Crippen molar-refractivity contribution in [1.29, 1.82) is 0 Å². The Morgan fingerprint density at radius 2 is 2.33 bits per heavy atom. The van der Waals surface area contributed by atoms with Gasteiger partial charge in [-0.25, -0.2) is 4.98 Å². The summed E-state index contributed by atoms with van der Waals surface area (Å²) in [7, 11) is 2.03. The first-order valence-corrected chi connectivity index (χ1v) is 6.98. The van der Waals surface area contributed by atoms with Crippen molar-refractivity contribution >= 4 is 11.5 Å². The molecule has 2 aromatic rings. The van der Waals surface area contributed by atoms with Crippen LogP contribution in [0.4, 0.5) is 0 Å². The third kappa shape index (κ3) is 2.94. The van der Waals surface area contributed by atoms with Gasteiger partial charge >= 0.3 is 0 Å². The van der Waals surface area contributed by atoms with Crippen molar-refractivity contribution in [2.75, 3.05) is 6.54 Å². The second kappa shape index (κ2) is 6.06. The number of nitrogens with zero attached hydrogens (tertiary/aromatic N) is 4. The number of aryl methyl sites for hydroxylation is 3. The Kier molecular flexibility index (Phi) is 4.43. The highest BCUT2D eigenvalue weighted by Gasteiger charge is 2.16. The number of rotatable bonds is 6. The van der Waals surface area contributed by atoms with E-state index < -0.39 is 0 Å². The molecule has 5 nitrogen and oxygen atoms in total. The van der Waals surface area contributed by atoms with Crippen molar-refractivity contribution in [1.82, 2.24) is 24.5 Å². The van der Waals surface area contributed by atoms with Crippen LogP contribution < -0.4 is 5.32 Å². The average molecular weight is 265 g/mol. The van der Waals surface area contributed by atoms with Crippen molar-refractivity contribution in [3.05, 3.63) is 28.8 Å². The molecule has 98 valence electrons. The lowest BCUT2D eigenvalue weighted by Gasteiger charge is -2.16. The molecule has 0 aromatic carbocycles. The molecule has 1 atom stereocenters. The van der Waals surface area contributed by atoms with Crippen LogP contribution in [0.15, 0.2) is 12.4 Å². The fourth-order valence-electron chi connectivity index (χ4n) is 2.04. The first-order valence-electron chi connectivity index (χ1n) is 6.20. The summed E-state index contributed by atoms with van der Waals surface area (Å²) in [5, 5.41) is 7.59. The van der Waals surface area contributed by atoms with Crippen molar-refractivity contribution in [2.45, 2.75) is 32.7 Å². The summed E-state index contributed by atoms with van der Waals surface area (Å²) in [6, 6.07) is 0.326. The average Bonchev–Trinajstić information content (AvgIpc) is 2.94. The molecule has 1 N–H and O–H groups in total. The standard InChI is InChI=1S/C12H19N5S/c1-4-13-10(12-9(2)15-16-18-12)5-6-11-14-7-8-17(11)3/h7-8,10,13H,4-6H2,1-3H3. The Labute approximate surface area is 111 Å². The molecule has 0 saturated carbocycles. The minimum absolute atomic E-state index is 0.326. The molecular formula is C12H19N5S. The van der Waals surface area contributed by atoms with Crippen LogP contribution in [0, 0.1) is 6.92 Å². The largest absolute Gasteiger partial charge is 0.338 e. The molecule has 2 aromatic heterocycles. The number of aromatic nitrogens is 4. The molecule has 0 amide bonds. The van der Waals surface area contributed by atoms with Crippen LogP contribution in [0.5, 0.6) is 0 Å². The molecule has 0 aliphatic rings. The molecule has 0 fully saturated rings. The highest BCUT2D eigenvalue weighted by atomic mass is 32.1. The molecule has 0 spiro atoms. The molecule has 0 aliphatic heterocycles. The zero-order valence-electron chi connectivity index (χ0n) is 11.1. The highest BCUT2D eigenvalue weighted by molar-refractivity contribution is 7.05. The molecule has 0 saturated heterocycles. The molecule has 2 heterocycles. The summed E-state index contributed by atoms with van der Waals surface area (Å²) in [4.78, 5) is 5.60. The Balaban J connectivity index is 2.03. The number of nitrogens with one attached hydrogen (secondary N) is 1. The Morgan fingerprint density at radius 1 is 1.50 bits per heavy atom. The summed E-state index contributed by atoms with van der Waals surface area (Å²) in [5.41, 5.74) is 1.03. The van der Waals surface area contributed by atoms with Gasteiger partial charge in [0.25, 0.3) is 0 Å². The summed E-state index contributed by atoms with van der Waals surface area (Å²) in [6.45, 7) is 5.09. The SMILES string of the molecule is CCNC(CCc1nccn1C)c1snnc1C.